The van der Waals surface area contributed by atoms with Crippen LogP contribution < -0.4 is 5.73 Å². The molecule has 20 heteroatoms. The van der Waals surface area contributed by atoms with Crippen LogP contribution in [0, 0.1) is 0 Å². The lowest BCUT2D eigenvalue weighted by atomic mass is 9.96. The Labute approximate surface area is 243 Å². The first kappa shape index (κ1) is 31.9. The Bertz CT molecular complexity index is 1570. The molecule has 0 radical (unpaired) electrons. The van der Waals surface area contributed by atoms with Crippen molar-refractivity contribution in [2.24, 2.45) is 0 Å². The monoisotopic (exact) mass is 657 g/mol. The summed E-state index contributed by atoms with van der Waals surface area (Å²) in [6.07, 6.45) is -5.63. The summed E-state index contributed by atoms with van der Waals surface area (Å²) in [4.78, 5) is 21.0. The van der Waals surface area contributed by atoms with Crippen molar-refractivity contribution in [3.63, 3.8) is 0 Å². The molecule has 0 aliphatic carbocycles. The molecule has 14 nitrogen and oxygen atoms in total. The number of nitrogens with zero attached hydrogens (tertiary/aromatic N) is 4. The molecule has 0 amide bonds. The van der Waals surface area contributed by atoms with Gasteiger partial charge in [0.15, 0.2) is 23.5 Å². The smallest absolute Gasteiger partial charge is 0.475 e. The number of halogens is 5. The van der Waals surface area contributed by atoms with E-state index in [1.54, 1.807) is 12.1 Å². The molecule has 42 heavy (non-hydrogen) atoms. The number of benzene rings is 1. The van der Waals surface area contributed by atoms with Crippen LogP contribution in [0.1, 0.15) is 18.7 Å². The van der Waals surface area contributed by atoms with Crippen LogP contribution >= 0.6 is 30.8 Å². The number of fused-ring (bicyclic) bond motifs is 1. The van der Waals surface area contributed by atoms with Gasteiger partial charge in [0.2, 0.25) is 0 Å². The second-order valence-corrected chi connectivity index (χ2v) is 12.0. The van der Waals surface area contributed by atoms with Crippen LogP contribution in [0.25, 0.3) is 16.9 Å². The van der Waals surface area contributed by atoms with Crippen LogP contribution in [-0.2, 0) is 23.1 Å². The molecule has 2 aliphatic heterocycles. The number of carbonyl (C=O) groups is 1. The molecule has 2 aromatic heterocycles. The molecule has 1 fully saturated rings. The second kappa shape index (κ2) is 11.6. The topological polar surface area (TPSA) is 212 Å². The summed E-state index contributed by atoms with van der Waals surface area (Å²) in [5, 5.41) is 40.8. The lowest BCUT2D eigenvalue weighted by molar-refractivity contribution is -0.192. The minimum atomic E-state index is -5.08. The highest BCUT2D eigenvalue weighted by atomic mass is 35.5. The maximum atomic E-state index is 13.6. The van der Waals surface area contributed by atoms with E-state index in [1.165, 1.54) is 36.3 Å². The van der Waals surface area contributed by atoms with E-state index < -0.39 is 49.6 Å². The molecule has 6 atom stereocenters. The molecule has 6 N–H and O–H groups in total. The van der Waals surface area contributed by atoms with Gasteiger partial charge in [0.05, 0.1) is 12.9 Å². The Balaban J connectivity index is 0.000000517. The highest BCUT2D eigenvalue weighted by Crippen LogP contribution is 2.60. The summed E-state index contributed by atoms with van der Waals surface area (Å²) < 4.78 is 63.3. The number of aliphatic hydroxyl groups is 3. The molecule has 0 saturated carbocycles. The zero-order chi connectivity index (χ0) is 31.2. The van der Waals surface area contributed by atoms with Gasteiger partial charge in [0, 0.05) is 15.6 Å². The zero-order valence-corrected chi connectivity index (χ0v) is 23.4. The number of ether oxygens (including phenoxy) is 1. The van der Waals surface area contributed by atoms with E-state index >= 15 is 0 Å². The highest BCUT2D eigenvalue weighted by Gasteiger charge is 2.60. The molecule has 2 aliphatic rings. The summed E-state index contributed by atoms with van der Waals surface area (Å²) in [5.74, 6) is -4.50. The number of carboxylic acid groups (broad SMARTS) is 1. The molecule has 228 valence electrons. The number of aliphatic carboxylic acids is 1. The summed E-state index contributed by atoms with van der Waals surface area (Å²) in [6, 6.07) is 4.60. The molecule has 0 bridgehead atoms. The minimum Gasteiger partial charge on any atom is -0.475 e. The van der Waals surface area contributed by atoms with Gasteiger partial charge in [-0.3, -0.25) is 9.09 Å². The van der Waals surface area contributed by atoms with Crippen molar-refractivity contribution in [1.82, 2.24) is 19.5 Å². The Morgan fingerprint density at radius 3 is 2.45 bits per heavy atom. The number of nitrogens with two attached hydrogens (primary N) is 1. The van der Waals surface area contributed by atoms with Gasteiger partial charge in [-0.15, -0.1) is 0 Å². The lowest BCUT2D eigenvalue weighted by Crippen LogP contribution is -2.46. The number of rotatable bonds is 4. The number of carboxylic acids is 1. The largest absolute Gasteiger partial charge is 0.490 e. The maximum absolute atomic E-state index is 13.6. The SMILES string of the molecule is C[C@@]1(O)[C@H](O)[C@@H](C(O)P2(=O)OCC=C(c3cc(Cl)cc(Cl)c3)O2)O[C@H]1n1cnc2c(N)ncnc21.O=C(O)C(F)(F)F. The number of aromatic nitrogens is 4. The van der Waals surface area contributed by atoms with Crippen molar-refractivity contribution in [1.29, 1.82) is 0 Å². The van der Waals surface area contributed by atoms with Crippen LogP contribution in [0.5, 0.6) is 0 Å². The van der Waals surface area contributed by atoms with E-state index in [1.807, 2.05) is 0 Å². The van der Waals surface area contributed by atoms with E-state index in [0.717, 1.165) is 0 Å². The van der Waals surface area contributed by atoms with Crippen molar-refractivity contribution in [3.8, 4) is 0 Å². The Morgan fingerprint density at radius 2 is 1.86 bits per heavy atom. The lowest BCUT2D eigenvalue weighted by Gasteiger charge is -2.31. The first-order valence-corrected chi connectivity index (χ1v) is 13.9. The van der Waals surface area contributed by atoms with Gasteiger partial charge in [0.1, 0.15) is 35.4 Å². The Morgan fingerprint density at radius 1 is 1.24 bits per heavy atom. The average molecular weight is 658 g/mol. The predicted molar refractivity (Wildman–Crippen MR) is 139 cm³/mol. The van der Waals surface area contributed by atoms with Crippen molar-refractivity contribution in [3.05, 3.63) is 52.5 Å². The molecule has 1 aromatic carbocycles. The molecule has 0 spiro atoms. The fourth-order valence-electron chi connectivity index (χ4n) is 4.06. The molecular weight excluding hydrogens is 637 g/mol. The third-order valence-electron chi connectivity index (χ3n) is 6.09. The summed E-state index contributed by atoms with van der Waals surface area (Å²) in [7, 11) is -4.32. The van der Waals surface area contributed by atoms with Gasteiger partial charge in [-0.25, -0.2) is 24.3 Å². The average Bonchev–Trinajstić information content (AvgIpc) is 3.42. The first-order valence-electron chi connectivity index (χ1n) is 11.5. The summed E-state index contributed by atoms with van der Waals surface area (Å²) in [6.45, 7) is 1.13. The van der Waals surface area contributed by atoms with Crippen molar-refractivity contribution in [2.45, 2.75) is 43.0 Å². The Kier molecular flexibility index (Phi) is 8.79. The van der Waals surface area contributed by atoms with Crippen LogP contribution in [0.3, 0.4) is 0 Å². The second-order valence-electron chi connectivity index (χ2n) is 9.08. The van der Waals surface area contributed by atoms with E-state index in [2.05, 4.69) is 15.0 Å². The molecule has 1 saturated heterocycles. The predicted octanol–water partition coefficient (Wildman–Crippen LogP) is 2.96. The highest BCUT2D eigenvalue weighted by molar-refractivity contribution is 7.54. The third kappa shape index (κ3) is 6.18. The number of imidazole rings is 1. The normalized spacial score (nSPS) is 28.4. The van der Waals surface area contributed by atoms with E-state index in [4.69, 9.17) is 52.6 Å². The van der Waals surface area contributed by atoms with Gasteiger partial charge >= 0.3 is 19.7 Å². The fourth-order valence-corrected chi connectivity index (χ4v) is 6.23. The van der Waals surface area contributed by atoms with Crippen LogP contribution in [0.15, 0.2) is 36.9 Å². The fraction of sp³-hybridized carbons (Fsp3) is 0.364. The number of nitrogen functional groups attached to an aromatic ring is 1. The standard InChI is InChI=1S/C20H20Cl2N5O7P.C2HF3O2/c1-20(30)15(28)14(33-19(20)27-8-26-13-16(23)24-7-25-17(13)27)18(29)35(31)32-3-2-12(34-35)9-4-10(21)6-11(22)5-9;3-2(4,5)1(6)7/h2,4-8,14-15,18-19,28-30H,3H2,1H3,(H2,23,24,25);(H,6,7)/t14-,15+,18?,19+,20+,35?;/m0./s1. The van der Waals surface area contributed by atoms with Crippen molar-refractivity contribution >= 4 is 59.5 Å². The quantitative estimate of drug-likeness (QED) is 0.256. The third-order valence-corrected chi connectivity index (χ3v) is 8.43. The minimum absolute atomic E-state index is 0.109. The van der Waals surface area contributed by atoms with Crippen LogP contribution in [-0.4, -0.2) is 82.4 Å². The van der Waals surface area contributed by atoms with E-state index in [0.29, 0.717) is 15.6 Å². The van der Waals surface area contributed by atoms with Gasteiger partial charge in [-0.2, -0.15) is 13.2 Å². The number of anilines is 1. The number of hydrogen-bond acceptors (Lipinski definition) is 12. The van der Waals surface area contributed by atoms with Crippen LogP contribution in [0.2, 0.25) is 10.0 Å². The van der Waals surface area contributed by atoms with E-state index in [-0.39, 0.29) is 29.3 Å². The zero-order valence-electron chi connectivity index (χ0n) is 21.0. The Hall–Kier alpha value is -3.02. The summed E-state index contributed by atoms with van der Waals surface area (Å²) in [5.41, 5.74) is 4.75. The first-order chi connectivity index (χ1) is 19.5. The summed E-state index contributed by atoms with van der Waals surface area (Å²) >= 11 is 12.1. The molecule has 5 rings (SSSR count). The molecule has 4 heterocycles. The number of alkyl halides is 3. The van der Waals surface area contributed by atoms with Gasteiger partial charge < -0.3 is 35.4 Å². The molecule has 3 aromatic rings. The number of hydrogen-bond donors (Lipinski definition) is 5. The van der Waals surface area contributed by atoms with Crippen molar-refractivity contribution < 1.29 is 56.7 Å². The molecular formula is C22H21Cl2F3N5O9P. The van der Waals surface area contributed by atoms with Crippen LogP contribution in [0.4, 0.5) is 19.0 Å². The number of aliphatic hydroxyl groups excluding tert-OH is 2. The molecule has 2 unspecified atom stereocenters. The maximum Gasteiger partial charge on any atom is 0.490 e. The van der Waals surface area contributed by atoms with Gasteiger partial charge in [0.25, 0.3) is 0 Å². The van der Waals surface area contributed by atoms with E-state index in [9.17, 15) is 33.1 Å². The van der Waals surface area contributed by atoms with Gasteiger partial charge in [-0.05, 0) is 31.2 Å². The van der Waals surface area contributed by atoms with Gasteiger partial charge in [-0.1, -0.05) is 23.2 Å². The van der Waals surface area contributed by atoms with Crippen molar-refractivity contribution in [2.75, 3.05) is 12.3 Å².